The van der Waals surface area contributed by atoms with Crippen molar-refractivity contribution in [2.24, 2.45) is 11.8 Å². The van der Waals surface area contributed by atoms with Gasteiger partial charge < -0.3 is 28.9 Å². The molecule has 4 aliphatic rings. The molecular weight excluding hydrogens is 791 g/mol. The van der Waals surface area contributed by atoms with Gasteiger partial charge in [-0.3, -0.25) is 10.2 Å². The first-order valence-electron chi connectivity index (χ1n) is 18.4. The van der Waals surface area contributed by atoms with Gasteiger partial charge in [-0.05, 0) is 86.5 Å². The number of methoxy groups -OCH3 is 1. The molecule has 2 aromatic heterocycles. The number of para-hydroxylation sites is 1. The number of nitrogens with one attached hydrogen (secondary N) is 1. The van der Waals surface area contributed by atoms with Gasteiger partial charge in [-0.15, -0.1) is 11.3 Å². The molecule has 0 amide bonds. The van der Waals surface area contributed by atoms with Crippen molar-refractivity contribution in [3.05, 3.63) is 109 Å². The molecule has 1 unspecified atom stereocenters. The molecule has 0 spiro atoms. The Morgan fingerprint density at radius 3 is 2.43 bits per heavy atom. The molecule has 4 fully saturated rings. The average Bonchev–Trinajstić information content (AvgIpc) is 3.89. The molecule has 5 heterocycles. The Kier molecular flexibility index (Phi) is 12.8. The van der Waals surface area contributed by atoms with E-state index in [1.165, 1.54) is 29.5 Å². The molecule has 4 aromatic rings. The summed E-state index contributed by atoms with van der Waals surface area (Å²) in [5.41, 5.74) is 1.37. The molecule has 8 rings (SSSR count). The minimum Gasteiger partial charge on any atom is -0.619 e. The quantitative estimate of drug-likeness (QED) is 0.0644. The Balaban J connectivity index is 1.10. The second kappa shape index (κ2) is 17.9. The maximum Gasteiger partial charge on any atom is 0.387 e. The minimum atomic E-state index is -3.08. The summed E-state index contributed by atoms with van der Waals surface area (Å²) in [5, 5.41) is 15.4. The Labute approximate surface area is 336 Å². The number of aromatic nitrogens is 1. The zero-order valence-electron chi connectivity index (χ0n) is 30.5. The Morgan fingerprint density at radius 2 is 1.75 bits per heavy atom. The van der Waals surface area contributed by atoms with Crippen LogP contribution in [0.3, 0.4) is 0 Å². The van der Waals surface area contributed by atoms with Crippen LogP contribution in [-0.4, -0.2) is 62.9 Å². The van der Waals surface area contributed by atoms with Gasteiger partial charge in [-0.1, -0.05) is 47.5 Å². The van der Waals surface area contributed by atoms with E-state index in [2.05, 4.69) is 10.2 Å². The van der Waals surface area contributed by atoms with Gasteiger partial charge in [0.15, 0.2) is 23.9 Å². The summed E-state index contributed by atoms with van der Waals surface area (Å²) in [5.74, 6) is 0.0150. The molecule has 2 aromatic carbocycles. The Morgan fingerprint density at radius 1 is 1.00 bits per heavy atom. The van der Waals surface area contributed by atoms with Crippen LogP contribution in [0.5, 0.6) is 17.2 Å². The average molecular weight is 833 g/mol. The molecule has 1 N–H and O–H groups in total. The molecular formula is C40H41Cl2F2N3O8S. The largest absolute Gasteiger partial charge is 0.619 e. The van der Waals surface area contributed by atoms with E-state index in [9.17, 15) is 23.6 Å². The van der Waals surface area contributed by atoms with Crippen molar-refractivity contribution in [2.45, 2.75) is 63.5 Å². The summed E-state index contributed by atoms with van der Waals surface area (Å²) < 4.78 is 55.4. The maximum atomic E-state index is 13.8. The van der Waals surface area contributed by atoms with Gasteiger partial charge >= 0.3 is 18.6 Å². The fourth-order valence-corrected chi connectivity index (χ4v) is 8.56. The molecule has 1 saturated carbocycles. The number of piperidine rings is 3. The molecule has 56 heavy (non-hydrogen) atoms. The monoisotopic (exact) mass is 831 g/mol. The standard InChI is InChI=1S/C40H41Cl2F2N3O8S/c1-51-31-5-3-2-4-27(31)37(39(49)54-35-21-46-14-12-24(35)13-15-46)45-18-26-9-11-36(56-26)38(48)53-33(17-28-29(41)19-47(50)20-30(28)42)25-8-10-32(55-40(43)44)34(16-25)52-22-23-6-7-23/h2-5,8-11,16,19-20,23-24,33,35,37,40,45H,6-7,12-15,17-18,21-22H2,1H3/t33-,35-,37?/m0/s1. The second-order valence-corrected chi connectivity index (χ2v) is 16.1. The number of nitrogens with zero attached hydrogens (tertiary/aromatic N) is 2. The van der Waals surface area contributed by atoms with E-state index in [-0.39, 0.29) is 45.5 Å². The van der Waals surface area contributed by atoms with Crippen LogP contribution in [0, 0.1) is 17.0 Å². The molecule has 3 aliphatic heterocycles. The van der Waals surface area contributed by atoms with Crippen LogP contribution < -0.4 is 24.3 Å². The number of pyridine rings is 1. The van der Waals surface area contributed by atoms with Crippen LogP contribution in [0.1, 0.15) is 69.1 Å². The van der Waals surface area contributed by atoms with Crippen molar-refractivity contribution in [2.75, 3.05) is 33.4 Å². The van der Waals surface area contributed by atoms with Crippen molar-refractivity contribution < 1.29 is 46.8 Å². The highest BCUT2D eigenvalue weighted by Crippen LogP contribution is 2.39. The Bertz CT molecular complexity index is 2000. The number of rotatable bonds is 17. The third kappa shape index (κ3) is 9.83. The third-order valence-corrected chi connectivity index (χ3v) is 12.0. The van der Waals surface area contributed by atoms with Gasteiger partial charge in [0.1, 0.15) is 38.9 Å². The molecule has 11 nitrogen and oxygen atoms in total. The van der Waals surface area contributed by atoms with Gasteiger partial charge in [0.05, 0.1) is 13.7 Å². The van der Waals surface area contributed by atoms with E-state index in [1.807, 2.05) is 18.2 Å². The number of thiophene rings is 1. The summed E-state index contributed by atoms with van der Waals surface area (Å²) >= 11 is 14.0. The topological polar surface area (TPSA) is 122 Å². The number of halogens is 4. The third-order valence-electron chi connectivity index (χ3n) is 10.3. The normalized spacial score (nSPS) is 20.0. The smallest absolute Gasteiger partial charge is 0.387 e. The number of carbonyl (C=O) groups is 2. The lowest BCUT2D eigenvalue weighted by Gasteiger charge is -2.44. The number of hydrogen-bond acceptors (Lipinski definition) is 11. The molecule has 0 radical (unpaired) electrons. The van der Waals surface area contributed by atoms with Crippen LogP contribution in [0.2, 0.25) is 10.0 Å². The lowest BCUT2D eigenvalue weighted by Crippen LogP contribution is -2.52. The predicted octanol–water partition coefficient (Wildman–Crippen LogP) is 7.70. The van der Waals surface area contributed by atoms with E-state index < -0.39 is 30.7 Å². The van der Waals surface area contributed by atoms with E-state index in [1.54, 1.807) is 25.3 Å². The summed E-state index contributed by atoms with van der Waals surface area (Å²) in [6.45, 7) is 0.207. The zero-order chi connectivity index (χ0) is 39.3. The van der Waals surface area contributed by atoms with Crippen LogP contribution in [0.15, 0.2) is 67.0 Å². The summed E-state index contributed by atoms with van der Waals surface area (Å²) in [6.07, 6.45) is 4.93. The highest BCUT2D eigenvalue weighted by Gasteiger charge is 2.38. The molecule has 1 aliphatic carbocycles. The van der Waals surface area contributed by atoms with Crippen LogP contribution >= 0.6 is 34.5 Å². The summed E-state index contributed by atoms with van der Waals surface area (Å²) in [4.78, 5) is 31.0. The number of ether oxygens (including phenoxy) is 5. The summed E-state index contributed by atoms with van der Waals surface area (Å²) in [7, 11) is 1.55. The Hall–Kier alpha value is -4.21. The first kappa shape index (κ1) is 40.0. The van der Waals surface area contributed by atoms with Crippen molar-refractivity contribution in [1.82, 2.24) is 10.2 Å². The zero-order valence-corrected chi connectivity index (χ0v) is 32.8. The number of benzene rings is 2. The van der Waals surface area contributed by atoms with E-state index in [4.69, 9.17) is 46.9 Å². The maximum absolute atomic E-state index is 13.8. The van der Waals surface area contributed by atoms with E-state index in [0.717, 1.165) is 62.6 Å². The van der Waals surface area contributed by atoms with Gasteiger partial charge in [-0.25, -0.2) is 9.59 Å². The molecule has 16 heteroatoms. The number of alkyl halides is 2. The van der Waals surface area contributed by atoms with E-state index >= 15 is 0 Å². The van der Waals surface area contributed by atoms with Crippen molar-refractivity contribution in [3.8, 4) is 17.2 Å². The fraction of sp³-hybridized carbons (Fsp3) is 0.425. The van der Waals surface area contributed by atoms with Crippen LogP contribution in [0.4, 0.5) is 8.78 Å². The number of carbonyl (C=O) groups excluding carboxylic acids is 2. The van der Waals surface area contributed by atoms with Crippen LogP contribution in [0.25, 0.3) is 0 Å². The van der Waals surface area contributed by atoms with Gasteiger partial charge in [-0.2, -0.15) is 13.5 Å². The molecule has 2 bridgehead atoms. The van der Waals surface area contributed by atoms with Crippen molar-refractivity contribution in [1.29, 1.82) is 0 Å². The second-order valence-electron chi connectivity index (χ2n) is 14.2. The summed E-state index contributed by atoms with van der Waals surface area (Å²) in [6, 6.07) is 14.1. The van der Waals surface area contributed by atoms with Crippen molar-refractivity contribution >= 4 is 46.5 Å². The fourth-order valence-electron chi connectivity index (χ4n) is 7.12. The molecule has 298 valence electrons. The highest BCUT2D eigenvalue weighted by molar-refractivity contribution is 7.13. The lowest BCUT2D eigenvalue weighted by molar-refractivity contribution is -0.605. The highest BCUT2D eigenvalue weighted by atomic mass is 35.5. The van der Waals surface area contributed by atoms with E-state index in [0.29, 0.717) is 45.6 Å². The predicted molar refractivity (Wildman–Crippen MR) is 205 cm³/mol. The van der Waals surface area contributed by atoms with Gasteiger partial charge in [0.2, 0.25) is 0 Å². The van der Waals surface area contributed by atoms with Gasteiger partial charge in [0.25, 0.3) is 0 Å². The molecule has 3 atom stereocenters. The van der Waals surface area contributed by atoms with Gasteiger partial charge in [0, 0.05) is 35.5 Å². The number of fused-ring (bicyclic) bond motifs is 3. The lowest BCUT2D eigenvalue weighted by atomic mass is 9.86. The van der Waals surface area contributed by atoms with Crippen LogP contribution in [-0.2, 0) is 27.2 Å². The number of hydrogen-bond donors (Lipinski definition) is 1. The SMILES string of the molecule is COc1ccccc1C(NCc1ccc(C(=O)O[C@@H](Cc2c(Cl)c[n+]([O-])cc2Cl)c2ccc(OC(F)F)c(OCC3CC3)c2)s1)C(=O)O[C@H]1CN2CCC1CC2. The first-order valence-corrected chi connectivity index (χ1v) is 20.0. The van der Waals surface area contributed by atoms with Crippen molar-refractivity contribution in [3.63, 3.8) is 0 Å². The minimum absolute atomic E-state index is 0.0521. The first-order chi connectivity index (χ1) is 27.0. The number of esters is 2. The molecule has 3 saturated heterocycles.